The lowest BCUT2D eigenvalue weighted by Crippen LogP contribution is -2.58. The smallest absolute Gasteiger partial charge is 0.214 e. The minimum absolute atomic E-state index is 0.166. The third kappa shape index (κ3) is 4.86. The maximum Gasteiger partial charge on any atom is 0.214 e. The van der Waals surface area contributed by atoms with E-state index in [-0.39, 0.29) is 17.5 Å². The summed E-state index contributed by atoms with van der Waals surface area (Å²) in [7, 11) is 1.66. The van der Waals surface area contributed by atoms with Crippen molar-refractivity contribution in [3.8, 4) is 0 Å². The van der Waals surface area contributed by atoms with Gasteiger partial charge in [0.25, 0.3) is 0 Å². The first kappa shape index (κ1) is 22.8. The molecule has 0 saturated carbocycles. The topological polar surface area (TPSA) is 114 Å². The molecule has 0 spiro atoms. The molecule has 0 aromatic heterocycles. The first-order chi connectivity index (χ1) is 14.6. The Bertz CT molecular complexity index is 702. The number of hydrazone groups is 1. The number of nitrogens with zero attached hydrogens (tertiary/aromatic N) is 3. The van der Waals surface area contributed by atoms with Crippen molar-refractivity contribution in [1.29, 1.82) is 0 Å². The number of hydrogen-bond acceptors (Lipinski definition) is 10. The van der Waals surface area contributed by atoms with E-state index in [9.17, 15) is 10.1 Å². The second kappa shape index (κ2) is 8.53. The number of rotatable bonds is 7. The van der Waals surface area contributed by atoms with Crippen LogP contribution in [-0.4, -0.2) is 91.3 Å². The highest BCUT2D eigenvalue weighted by Crippen LogP contribution is 2.45. The lowest BCUT2D eigenvalue weighted by molar-refractivity contribution is -0.488. The molecular formula is C20H33N3O8. The summed E-state index contributed by atoms with van der Waals surface area (Å²) < 4.78 is 35.7. The minimum Gasteiger partial charge on any atom is -0.382 e. The van der Waals surface area contributed by atoms with Crippen molar-refractivity contribution >= 4 is 6.21 Å². The highest BCUT2D eigenvalue weighted by Gasteiger charge is 2.62. The molecule has 0 unspecified atom stereocenters. The van der Waals surface area contributed by atoms with Crippen molar-refractivity contribution in [2.24, 2.45) is 11.0 Å². The molecular weight excluding hydrogens is 410 g/mol. The Morgan fingerprint density at radius 3 is 2.55 bits per heavy atom. The first-order valence-electron chi connectivity index (χ1n) is 10.9. The monoisotopic (exact) mass is 443 g/mol. The van der Waals surface area contributed by atoms with Gasteiger partial charge in [-0.15, -0.1) is 0 Å². The molecule has 11 nitrogen and oxygen atoms in total. The molecule has 0 radical (unpaired) electrons. The van der Waals surface area contributed by atoms with Crippen LogP contribution in [0.4, 0.5) is 0 Å². The Morgan fingerprint density at radius 2 is 1.84 bits per heavy atom. The highest BCUT2D eigenvalue weighted by atomic mass is 16.9. The van der Waals surface area contributed by atoms with Gasteiger partial charge in [0.05, 0.1) is 18.6 Å². The fourth-order valence-corrected chi connectivity index (χ4v) is 4.90. The minimum atomic E-state index is -0.864. The molecule has 176 valence electrons. The molecule has 0 bridgehead atoms. The van der Waals surface area contributed by atoms with Crippen LogP contribution in [0.2, 0.25) is 0 Å². The van der Waals surface area contributed by atoms with Crippen molar-refractivity contribution in [1.82, 2.24) is 5.01 Å². The summed E-state index contributed by atoms with van der Waals surface area (Å²) in [6.07, 6.45) is 0.757. The number of fused-ring (bicyclic) bond motifs is 3. The predicted octanol–water partition coefficient (Wildman–Crippen LogP) is 1.37. The van der Waals surface area contributed by atoms with Gasteiger partial charge in [0.15, 0.2) is 17.9 Å². The molecule has 11 heteroatoms. The molecule has 4 fully saturated rings. The van der Waals surface area contributed by atoms with Gasteiger partial charge >= 0.3 is 0 Å². The summed E-state index contributed by atoms with van der Waals surface area (Å²) in [5.74, 6) is -2.34. The van der Waals surface area contributed by atoms with E-state index >= 15 is 0 Å². The van der Waals surface area contributed by atoms with Gasteiger partial charge < -0.3 is 28.4 Å². The van der Waals surface area contributed by atoms with Gasteiger partial charge in [-0.05, 0) is 40.5 Å². The Labute approximate surface area is 182 Å². The van der Waals surface area contributed by atoms with Crippen LogP contribution in [0.3, 0.4) is 0 Å². The second-order valence-corrected chi connectivity index (χ2v) is 9.49. The van der Waals surface area contributed by atoms with Gasteiger partial charge in [-0.1, -0.05) is 0 Å². The van der Waals surface area contributed by atoms with E-state index in [1.54, 1.807) is 27.2 Å². The van der Waals surface area contributed by atoms with Crippen molar-refractivity contribution < 1.29 is 33.3 Å². The Hall–Kier alpha value is -1.37. The third-order valence-electron chi connectivity index (χ3n) is 6.08. The lowest BCUT2D eigenvalue weighted by Gasteiger charge is -2.39. The maximum absolute atomic E-state index is 11.5. The number of ether oxygens (including phenoxy) is 6. The van der Waals surface area contributed by atoms with E-state index < -0.39 is 48.2 Å². The molecule has 0 N–H and O–H groups in total. The van der Waals surface area contributed by atoms with E-state index in [1.165, 1.54) is 0 Å². The molecule has 31 heavy (non-hydrogen) atoms. The molecule has 4 aliphatic heterocycles. The fourth-order valence-electron chi connectivity index (χ4n) is 4.90. The molecule has 0 aromatic carbocycles. The summed E-state index contributed by atoms with van der Waals surface area (Å²) in [5.41, 5.74) is 0. The molecule has 0 aromatic rings. The Morgan fingerprint density at radius 1 is 1.16 bits per heavy atom. The largest absolute Gasteiger partial charge is 0.382 e. The molecule has 7 atom stereocenters. The Balaban J connectivity index is 1.58. The second-order valence-electron chi connectivity index (χ2n) is 9.49. The zero-order valence-electron chi connectivity index (χ0n) is 18.8. The summed E-state index contributed by atoms with van der Waals surface area (Å²) in [6.45, 7) is 8.25. The Kier molecular flexibility index (Phi) is 6.27. The average molecular weight is 443 g/mol. The summed E-state index contributed by atoms with van der Waals surface area (Å²) >= 11 is 0. The summed E-state index contributed by atoms with van der Waals surface area (Å²) in [4.78, 5) is 11.1. The zero-order chi connectivity index (χ0) is 22.4. The van der Waals surface area contributed by atoms with Gasteiger partial charge in [0, 0.05) is 24.8 Å². The first-order valence-corrected chi connectivity index (χ1v) is 10.9. The van der Waals surface area contributed by atoms with Crippen LogP contribution < -0.4 is 0 Å². The maximum atomic E-state index is 11.5. The molecule has 0 aliphatic carbocycles. The van der Waals surface area contributed by atoms with E-state index in [1.807, 2.05) is 18.9 Å². The van der Waals surface area contributed by atoms with Gasteiger partial charge in [0.1, 0.15) is 24.4 Å². The van der Waals surface area contributed by atoms with Gasteiger partial charge in [0.2, 0.25) is 6.54 Å². The highest BCUT2D eigenvalue weighted by molar-refractivity contribution is 5.61. The number of hydrogen-bond donors (Lipinski definition) is 0. The van der Waals surface area contributed by atoms with E-state index in [0.29, 0.717) is 6.61 Å². The van der Waals surface area contributed by atoms with Gasteiger partial charge in [-0.25, -0.2) is 0 Å². The normalized spacial score (nSPS) is 39.6. The van der Waals surface area contributed by atoms with Crippen LogP contribution in [0, 0.1) is 16.0 Å². The van der Waals surface area contributed by atoms with E-state index in [4.69, 9.17) is 28.4 Å². The lowest BCUT2D eigenvalue weighted by atomic mass is 9.90. The quantitative estimate of drug-likeness (QED) is 0.327. The fraction of sp³-hybridized carbons (Fsp3) is 0.950. The van der Waals surface area contributed by atoms with Crippen LogP contribution >= 0.6 is 0 Å². The number of nitro groups is 1. The molecule has 4 saturated heterocycles. The standard InChI is InChI=1S/C20H33N3O8/c1-19(2)28-15-14(27-18-17(16(15)29-19)30-20(3,4)31-18)12(10-23(24)25)9-21-22-8-6-7-13(22)11-26-5/h9,12-18H,6-8,10-11H2,1-5H3/b21-9+/t12-,13+,14+,15-,16-,17+,18+/m0/s1. The van der Waals surface area contributed by atoms with Crippen molar-refractivity contribution in [3.05, 3.63) is 10.1 Å². The predicted molar refractivity (Wildman–Crippen MR) is 108 cm³/mol. The van der Waals surface area contributed by atoms with Crippen molar-refractivity contribution in [3.63, 3.8) is 0 Å². The number of methoxy groups -OCH3 is 1. The molecule has 4 aliphatic rings. The zero-order valence-corrected chi connectivity index (χ0v) is 18.8. The summed E-state index contributed by atoms with van der Waals surface area (Å²) in [6, 6.07) is 0.166. The van der Waals surface area contributed by atoms with Crippen LogP contribution in [0.5, 0.6) is 0 Å². The molecule has 0 amide bonds. The van der Waals surface area contributed by atoms with Crippen LogP contribution in [0.1, 0.15) is 40.5 Å². The third-order valence-corrected chi connectivity index (χ3v) is 6.08. The van der Waals surface area contributed by atoms with Gasteiger partial charge in [-0.3, -0.25) is 15.1 Å². The average Bonchev–Trinajstić information content (AvgIpc) is 3.31. The van der Waals surface area contributed by atoms with Crippen LogP contribution in [-0.2, 0) is 28.4 Å². The van der Waals surface area contributed by atoms with Crippen molar-refractivity contribution in [2.45, 2.75) is 88.9 Å². The van der Waals surface area contributed by atoms with Crippen LogP contribution in [0.25, 0.3) is 0 Å². The van der Waals surface area contributed by atoms with Gasteiger partial charge in [-0.2, -0.15) is 5.10 Å². The van der Waals surface area contributed by atoms with Crippen molar-refractivity contribution in [2.75, 3.05) is 26.8 Å². The van der Waals surface area contributed by atoms with Crippen LogP contribution in [0.15, 0.2) is 5.10 Å². The van der Waals surface area contributed by atoms with E-state index in [2.05, 4.69) is 5.10 Å². The molecule has 4 rings (SSSR count). The molecule has 4 heterocycles. The van der Waals surface area contributed by atoms with E-state index in [0.717, 1.165) is 19.4 Å². The summed E-state index contributed by atoms with van der Waals surface area (Å²) in [5, 5.41) is 18.0. The SMILES string of the molecule is COC[C@H]1CCCN1/N=C/[C@@H](C[N+](=O)[O-])[C@H]1O[C@@H]2OC(C)(C)O[C@@H]2[C@H]2OC(C)(C)O[C@H]21.